The van der Waals surface area contributed by atoms with E-state index >= 15 is 0 Å². The van der Waals surface area contributed by atoms with Crippen LogP contribution in [0.2, 0.25) is 5.02 Å². The van der Waals surface area contributed by atoms with Gasteiger partial charge in [0.2, 0.25) is 0 Å². The van der Waals surface area contributed by atoms with Crippen molar-refractivity contribution in [3.8, 4) is 5.69 Å². The predicted molar refractivity (Wildman–Crippen MR) is 84.1 cm³/mol. The lowest BCUT2D eigenvalue weighted by Gasteiger charge is -2.10. The summed E-state index contributed by atoms with van der Waals surface area (Å²) in [5.41, 5.74) is 2.97. The number of fused-ring (bicyclic) bond motifs is 1. The van der Waals surface area contributed by atoms with Gasteiger partial charge in [-0.2, -0.15) is 16.9 Å². The van der Waals surface area contributed by atoms with Crippen molar-refractivity contribution in [2.45, 2.75) is 11.5 Å². The number of hydrogen-bond acceptors (Lipinski definition) is 4. The number of rotatable bonds is 4. The Hall–Kier alpha value is -1.50. The second-order valence-electron chi connectivity index (χ2n) is 4.64. The van der Waals surface area contributed by atoms with E-state index in [1.165, 1.54) is 7.11 Å². The Balaban J connectivity index is 2.00. The largest absolute Gasteiger partial charge is 0.375 e. The summed E-state index contributed by atoms with van der Waals surface area (Å²) in [5, 5.41) is 8.16. The summed E-state index contributed by atoms with van der Waals surface area (Å²) in [6.45, 7) is 0.0215. The number of ether oxygens (including phenoxy) is 1. The average molecular weight is 324 g/mol. The summed E-state index contributed by atoms with van der Waals surface area (Å²) in [6, 6.07) is 7.37. The van der Waals surface area contributed by atoms with E-state index in [2.05, 4.69) is 10.4 Å². The minimum Gasteiger partial charge on any atom is -0.375 e. The van der Waals surface area contributed by atoms with E-state index in [0.29, 0.717) is 5.02 Å². The number of carbonyl (C=O) groups is 1. The number of amides is 1. The topological polar surface area (TPSA) is 56.1 Å². The standard InChI is InChI=1S/C14H14ClN3O2S/c1-20-6-13(19)16-14-11-7-21-8-12(11)17-18(14)10-4-2-9(15)3-5-10/h2-5H,6-8H2,1H3,(H,16,19). The molecule has 1 amide bonds. The maximum absolute atomic E-state index is 11.8. The number of nitrogens with one attached hydrogen (secondary N) is 1. The van der Waals surface area contributed by atoms with Crippen molar-refractivity contribution < 1.29 is 9.53 Å². The van der Waals surface area contributed by atoms with Gasteiger partial charge in [0.1, 0.15) is 12.4 Å². The normalized spacial score (nSPS) is 13.2. The van der Waals surface area contributed by atoms with Gasteiger partial charge in [0.25, 0.3) is 5.91 Å². The Morgan fingerprint density at radius 1 is 1.43 bits per heavy atom. The van der Waals surface area contributed by atoms with Crippen molar-refractivity contribution in [1.29, 1.82) is 0 Å². The number of benzene rings is 1. The van der Waals surface area contributed by atoms with Crippen LogP contribution in [0.15, 0.2) is 24.3 Å². The minimum atomic E-state index is -0.188. The quantitative estimate of drug-likeness (QED) is 0.940. The fourth-order valence-corrected chi connectivity index (χ4v) is 3.37. The lowest BCUT2D eigenvalue weighted by atomic mass is 10.2. The molecule has 1 aromatic carbocycles. The predicted octanol–water partition coefficient (Wildman–Crippen LogP) is 2.86. The van der Waals surface area contributed by atoms with E-state index in [4.69, 9.17) is 16.3 Å². The second kappa shape index (κ2) is 6.09. The summed E-state index contributed by atoms with van der Waals surface area (Å²) in [7, 11) is 1.50. The van der Waals surface area contributed by atoms with Crippen LogP contribution in [0, 0.1) is 0 Å². The molecule has 3 rings (SSSR count). The highest BCUT2D eigenvalue weighted by Gasteiger charge is 2.24. The number of halogens is 1. The highest BCUT2D eigenvalue weighted by atomic mass is 35.5. The van der Waals surface area contributed by atoms with Crippen molar-refractivity contribution in [2.75, 3.05) is 19.0 Å². The molecular weight excluding hydrogens is 310 g/mol. The van der Waals surface area contributed by atoms with Crippen LogP contribution in [0.3, 0.4) is 0 Å². The van der Waals surface area contributed by atoms with Gasteiger partial charge < -0.3 is 10.1 Å². The molecule has 0 radical (unpaired) electrons. The van der Waals surface area contributed by atoms with Crippen molar-refractivity contribution >= 4 is 35.1 Å². The monoisotopic (exact) mass is 323 g/mol. The summed E-state index contributed by atoms with van der Waals surface area (Å²) in [5.74, 6) is 2.25. The molecule has 1 aliphatic rings. The van der Waals surface area contributed by atoms with Crippen molar-refractivity contribution in [3.63, 3.8) is 0 Å². The Morgan fingerprint density at radius 2 is 2.19 bits per heavy atom. The first-order valence-electron chi connectivity index (χ1n) is 6.42. The Morgan fingerprint density at radius 3 is 2.90 bits per heavy atom. The molecule has 1 N–H and O–H groups in total. The number of hydrogen-bond donors (Lipinski definition) is 1. The number of nitrogens with zero attached hydrogens (tertiary/aromatic N) is 2. The molecule has 7 heteroatoms. The fraction of sp³-hybridized carbons (Fsp3) is 0.286. The third-order valence-electron chi connectivity index (χ3n) is 3.16. The number of aromatic nitrogens is 2. The SMILES string of the molecule is COCC(=O)Nc1c2c(nn1-c1ccc(Cl)cc1)CSC2. The molecular formula is C14H14ClN3O2S. The van der Waals surface area contributed by atoms with Crippen molar-refractivity contribution in [2.24, 2.45) is 0 Å². The molecule has 2 heterocycles. The summed E-state index contributed by atoms with van der Waals surface area (Å²) >= 11 is 7.71. The minimum absolute atomic E-state index is 0.0215. The number of methoxy groups -OCH3 is 1. The molecule has 0 saturated heterocycles. The molecule has 0 unspecified atom stereocenters. The maximum atomic E-state index is 11.8. The highest BCUT2D eigenvalue weighted by molar-refractivity contribution is 7.98. The van der Waals surface area contributed by atoms with Gasteiger partial charge in [-0.3, -0.25) is 4.79 Å². The van der Waals surface area contributed by atoms with Gasteiger partial charge in [-0.15, -0.1) is 0 Å². The van der Waals surface area contributed by atoms with Gasteiger partial charge in [-0.05, 0) is 24.3 Å². The van der Waals surface area contributed by atoms with E-state index in [9.17, 15) is 4.79 Å². The van der Waals surface area contributed by atoms with E-state index < -0.39 is 0 Å². The lowest BCUT2D eigenvalue weighted by Crippen LogP contribution is -2.20. The van der Waals surface area contributed by atoms with Crippen molar-refractivity contribution in [3.05, 3.63) is 40.5 Å². The van der Waals surface area contributed by atoms with Crippen LogP contribution in [0.4, 0.5) is 5.82 Å². The van der Waals surface area contributed by atoms with E-state index in [1.807, 2.05) is 12.1 Å². The van der Waals surface area contributed by atoms with Gasteiger partial charge in [0.05, 0.1) is 11.4 Å². The van der Waals surface area contributed by atoms with Gasteiger partial charge in [0.15, 0.2) is 0 Å². The van der Waals surface area contributed by atoms with Gasteiger partial charge in [-0.1, -0.05) is 11.6 Å². The Bertz CT molecular complexity index is 670. The molecule has 5 nitrogen and oxygen atoms in total. The third kappa shape index (κ3) is 2.92. The van der Waals surface area contributed by atoms with E-state index in [-0.39, 0.29) is 12.5 Å². The van der Waals surface area contributed by atoms with Crippen LogP contribution in [0.1, 0.15) is 11.3 Å². The molecule has 1 aliphatic heterocycles. The number of carbonyl (C=O) groups excluding carboxylic acids is 1. The molecule has 0 fully saturated rings. The lowest BCUT2D eigenvalue weighted by molar-refractivity contribution is -0.119. The van der Waals surface area contributed by atoms with E-state index in [0.717, 1.165) is 34.3 Å². The third-order valence-corrected chi connectivity index (χ3v) is 4.38. The zero-order valence-electron chi connectivity index (χ0n) is 11.4. The molecule has 2 aromatic rings. The fourth-order valence-electron chi connectivity index (χ4n) is 2.21. The first-order valence-corrected chi connectivity index (χ1v) is 7.95. The average Bonchev–Trinajstić information content (AvgIpc) is 3.03. The maximum Gasteiger partial charge on any atom is 0.251 e. The van der Waals surface area contributed by atoms with Crippen LogP contribution in [-0.2, 0) is 21.0 Å². The number of anilines is 1. The zero-order chi connectivity index (χ0) is 14.8. The van der Waals surface area contributed by atoms with Crippen LogP contribution in [-0.4, -0.2) is 29.4 Å². The van der Waals surface area contributed by atoms with Crippen LogP contribution in [0.25, 0.3) is 5.69 Å². The van der Waals surface area contributed by atoms with Crippen LogP contribution in [0.5, 0.6) is 0 Å². The summed E-state index contributed by atoms with van der Waals surface area (Å²) < 4.78 is 6.63. The summed E-state index contributed by atoms with van der Waals surface area (Å²) in [4.78, 5) is 11.8. The molecule has 0 spiro atoms. The van der Waals surface area contributed by atoms with E-state index in [1.54, 1.807) is 28.6 Å². The Kier molecular flexibility index (Phi) is 4.19. The molecule has 0 atom stereocenters. The molecule has 1 aromatic heterocycles. The molecule has 21 heavy (non-hydrogen) atoms. The van der Waals surface area contributed by atoms with Crippen molar-refractivity contribution in [1.82, 2.24) is 9.78 Å². The molecule has 0 bridgehead atoms. The summed E-state index contributed by atoms with van der Waals surface area (Å²) in [6.07, 6.45) is 0. The van der Waals surface area contributed by atoms with Crippen LogP contribution >= 0.6 is 23.4 Å². The van der Waals surface area contributed by atoms with Gasteiger partial charge in [-0.25, -0.2) is 4.68 Å². The second-order valence-corrected chi connectivity index (χ2v) is 6.06. The number of thioether (sulfide) groups is 1. The molecule has 0 aliphatic carbocycles. The van der Waals surface area contributed by atoms with Crippen LogP contribution < -0.4 is 5.32 Å². The Labute approximate surface area is 131 Å². The van der Waals surface area contributed by atoms with Gasteiger partial charge >= 0.3 is 0 Å². The molecule has 110 valence electrons. The van der Waals surface area contributed by atoms with Gasteiger partial charge in [0, 0.05) is 29.2 Å². The first kappa shape index (κ1) is 14.4. The molecule has 0 saturated carbocycles. The smallest absolute Gasteiger partial charge is 0.251 e. The zero-order valence-corrected chi connectivity index (χ0v) is 13.0. The first-order chi connectivity index (χ1) is 10.2. The highest BCUT2D eigenvalue weighted by Crippen LogP contribution is 2.36.